The SMILES string of the molecule is COc1ccccc1-n1nc(C)nc1[C@H]1CC[C@@H](N)[C@H](OC)C1. The Morgan fingerprint density at radius 3 is 2.74 bits per heavy atom. The van der Waals surface area contributed by atoms with Gasteiger partial charge >= 0.3 is 0 Å². The molecular weight excluding hydrogens is 292 g/mol. The first kappa shape index (κ1) is 16.0. The third-order valence-electron chi connectivity index (χ3n) is 4.56. The normalized spacial score (nSPS) is 24.6. The fraction of sp³-hybridized carbons (Fsp3) is 0.529. The predicted molar refractivity (Wildman–Crippen MR) is 88.0 cm³/mol. The van der Waals surface area contributed by atoms with Crippen molar-refractivity contribution in [3.05, 3.63) is 35.9 Å². The van der Waals surface area contributed by atoms with Gasteiger partial charge in [-0.15, -0.1) is 0 Å². The maximum atomic E-state index is 6.14. The summed E-state index contributed by atoms with van der Waals surface area (Å²) in [6.45, 7) is 1.91. The molecule has 0 spiro atoms. The standard InChI is InChI=1S/C17H24N4O2/c1-11-19-17(12-8-9-13(18)16(10-12)23-3)21(20-11)14-6-4-5-7-15(14)22-2/h4-7,12-13,16H,8-10,18H2,1-3H3/t12-,13+,16+/m0/s1. The molecule has 1 heterocycles. The van der Waals surface area contributed by atoms with Gasteiger partial charge in [-0.1, -0.05) is 12.1 Å². The molecule has 1 aromatic heterocycles. The topological polar surface area (TPSA) is 75.2 Å². The number of nitrogens with two attached hydrogens (primary N) is 1. The number of nitrogens with zero attached hydrogens (tertiary/aromatic N) is 3. The van der Waals surface area contributed by atoms with Crippen LogP contribution in [0.15, 0.2) is 24.3 Å². The van der Waals surface area contributed by atoms with Crippen molar-refractivity contribution < 1.29 is 9.47 Å². The highest BCUT2D eigenvalue weighted by Crippen LogP contribution is 2.35. The third kappa shape index (κ3) is 3.09. The molecule has 1 aliphatic carbocycles. The van der Waals surface area contributed by atoms with E-state index in [4.69, 9.17) is 15.2 Å². The van der Waals surface area contributed by atoms with Crippen LogP contribution in [0.4, 0.5) is 0 Å². The molecule has 0 saturated heterocycles. The van der Waals surface area contributed by atoms with Crippen LogP contribution in [0.5, 0.6) is 5.75 Å². The summed E-state index contributed by atoms with van der Waals surface area (Å²) in [5, 5.41) is 4.59. The first-order chi connectivity index (χ1) is 11.1. The fourth-order valence-corrected chi connectivity index (χ4v) is 3.34. The zero-order valence-corrected chi connectivity index (χ0v) is 13.9. The summed E-state index contributed by atoms with van der Waals surface area (Å²) in [6.07, 6.45) is 2.86. The lowest BCUT2D eigenvalue weighted by molar-refractivity contribution is 0.0459. The van der Waals surface area contributed by atoms with Gasteiger partial charge in [0.15, 0.2) is 0 Å². The highest BCUT2D eigenvalue weighted by molar-refractivity contribution is 5.46. The van der Waals surface area contributed by atoms with Gasteiger partial charge in [0.1, 0.15) is 23.1 Å². The van der Waals surface area contributed by atoms with E-state index in [2.05, 4.69) is 10.1 Å². The molecule has 124 valence electrons. The zero-order chi connectivity index (χ0) is 16.4. The van der Waals surface area contributed by atoms with E-state index in [0.717, 1.165) is 42.3 Å². The van der Waals surface area contributed by atoms with Gasteiger partial charge in [-0.2, -0.15) is 5.10 Å². The van der Waals surface area contributed by atoms with Crippen molar-refractivity contribution in [1.82, 2.24) is 14.8 Å². The van der Waals surface area contributed by atoms with Gasteiger partial charge < -0.3 is 15.2 Å². The van der Waals surface area contributed by atoms with Crippen LogP contribution in [0.1, 0.15) is 36.8 Å². The van der Waals surface area contributed by atoms with E-state index in [1.54, 1.807) is 14.2 Å². The molecule has 1 aliphatic rings. The second kappa shape index (κ2) is 6.68. The number of para-hydroxylation sites is 2. The van der Waals surface area contributed by atoms with E-state index < -0.39 is 0 Å². The first-order valence-electron chi connectivity index (χ1n) is 7.99. The number of aromatic nitrogens is 3. The second-order valence-corrected chi connectivity index (χ2v) is 6.05. The Morgan fingerprint density at radius 2 is 2.00 bits per heavy atom. The van der Waals surface area contributed by atoms with Gasteiger partial charge in [0.05, 0.1) is 13.2 Å². The summed E-state index contributed by atoms with van der Waals surface area (Å²) in [5.41, 5.74) is 7.05. The lowest BCUT2D eigenvalue weighted by atomic mass is 9.83. The van der Waals surface area contributed by atoms with Crippen LogP contribution in [0, 0.1) is 6.92 Å². The van der Waals surface area contributed by atoms with E-state index in [1.807, 2.05) is 35.9 Å². The monoisotopic (exact) mass is 316 g/mol. The molecule has 1 fully saturated rings. The van der Waals surface area contributed by atoms with Gasteiger partial charge in [0, 0.05) is 19.1 Å². The summed E-state index contributed by atoms with van der Waals surface area (Å²) < 4.78 is 12.9. The molecule has 1 saturated carbocycles. The van der Waals surface area contributed by atoms with Crippen LogP contribution < -0.4 is 10.5 Å². The quantitative estimate of drug-likeness (QED) is 0.936. The Kier molecular flexibility index (Phi) is 4.63. The van der Waals surface area contributed by atoms with Gasteiger partial charge in [-0.25, -0.2) is 9.67 Å². The van der Waals surface area contributed by atoms with Gasteiger partial charge in [-0.3, -0.25) is 0 Å². The minimum Gasteiger partial charge on any atom is -0.494 e. The maximum absolute atomic E-state index is 6.14. The molecule has 2 aromatic rings. The Morgan fingerprint density at radius 1 is 1.22 bits per heavy atom. The molecule has 3 rings (SSSR count). The van der Waals surface area contributed by atoms with Crippen LogP contribution in [0.2, 0.25) is 0 Å². The Balaban J connectivity index is 1.98. The number of ether oxygens (including phenoxy) is 2. The smallest absolute Gasteiger partial charge is 0.148 e. The number of methoxy groups -OCH3 is 2. The highest BCUT2D eigenvalue weighted by Gasteiger charge is 2.32. The number of hydrogen-bond acceptors (Lipinski definition) is 5. The van der Waals surface area contributed by atoms with Crippen molar-refractivity contribution in [3.63, 3.8) is 0 Å². The molecule has 6 heteroatoms. The third-order valence-corrected chi connectivity index (χ3v) is 4.56. The minimum absolute atomic E-state index is 0.0666. The number of aryl methyl sites for hydroxylation is 1. The van der Waals surface area contributed by atoms with Crippen LogP contribution in [0.3, 0.4) is 0 Å². The van der Waals surface area contributed by atoms with Crippen LogP contribution in [-0.2, 0) is 4.74 Å². The molecule has 1 aromatic carbocycles. The lowest BCUT2D eigenvalue weighted by Crippen LogP contribution is -2.41. The fourth-order valence-electron chi connectivity index (χ4n) is 3.34. The summed E-state index contributed by atoms with van der Waals surface area (Å²) in [7, 11) is 3.39. The van der Waals surface area contributed by atoms with Gasteiger partial charge in [0.2, 0.25) is 0 Å². The van der Waals surface area contributed by atoms with Crippen molar-refractivity contribution in [2.24, 2.45) is 5.73 Å². The molecule has 0 radical (unpaired) electrons. The summed E-state index contributed by atoms with van der Waals surface area (Å²) >= 11 is 0. The van der Waals surface area contributed by atoms with Crippen LogP contribution in [-0.4, -0.2) is 41.1 Å². The van der Waals surface area contributed by atoms with Crippen molar-refractivity contribution >= 4 is 0 Å². The lowest BCUT2D eigenvalue weighted by Gasteiger charge is -2.32. The Hall–Kier alpha value is -1.92. The predicted octanol–water partition coefficient (Wildman–Crippen LogP) is 2.19. The van der Waals surface area contributed by atoms with E-state index in [1.165, 1.54) is 0 Å². The van der Waals surface area contributed by atoms with Gasteiger partial charge in [-0.05, 0) is 38.3 Å². The van der Waals surface area contributed by atoms with Gasteiger partial charge in [0.25, 0.3) is 0 Å². The summed E-state index contributed by atoms with van der Waals surface area (Å²) in [6, 6.07) is 7.96. The Labute approximate surface area is 136 Å². The van der Waals surface area contributed by atoms with Crippen molar-refractivity contribution in [2.75, 3.05) is 14.2 Å². The Bertz CT molecular complexity index is 670. The van der Waals surface area contributed by atoms with Crippen molar-refractivity contribution in [2.45, 2.75) is 44.2 Å². The first-order valence-corrected chi connectivity index (χ1v) is 7.99. The summed E-state index contributed by atoms with van der Waals surface area (Å²) in [4.78, 5) is 4.68. The molecule has 23 heavy (non-hydrogen) atoms. The van der Waals surface area contributed by atoms with Crippen molar-refractivity contribution in [3.8, 4) is 11.4 Å². The molecule has 0 amide bonds. The second-order valence-electron chi connectivity index (χ2n) is 6.05. The highest BCUT2D eigenvalue weighted by atomic mass is 16.5. The van der Waals surface area contributed by atoms with E-state index in [-0.39, 0.29) is 18.1 Å². The number of hydrogen-bond donors (Lipinski definition) is 1. The molecule has 0 unspecified atom stereocenters. The molecular formula is C17H24N4O2. The maximum Gasteiger partial charge on any atom is 0.148 e. The van der Waals surface area contributed by atoms with Crippen molar-refractivity contribution in [1.29, 1.82) is 0 Å². The average molecular weight is 316 g/mol. The summed E-state index contributed by atoms with van der Waals surface area (Å²) in [5.74, 6) is 2.79. The van der Waals surface area contributed by atoms with Crippen LogP contribution >= 0.6 is 0 Å². The van der Waals surface area contributed by atoms with E-state index in [9.17, 15) is 0 Å². The molecule has 6 nitrogen and oxygen atoms in total. The largest absolute Gasteiger partial charge is 0.494 e. The molecule has 0 bridgehead atoms. The van der Waals surface area contributed by atoms with Crippen LogP contribution in [0.25, 0.3) is 5.69 Å². The van der Waals surface area contributed by atoms with E-state index >= 15 is 0 Å². The number of benzene rings is 1. The molecule has 3 atom stereocenters. The average Bonchev–Trinajstić information content (AvgIpc) is 2.97. The van der Waals surface area contributed by atoms with E-state index in [0.29, 0.717) is 0 Å². The molecule has 0 aliphatic heterocycles. The minimum atomic E-state index is 0.0666. The molecule has 2 N–H and O–H groups in total. The zero-order valence-electron chi connectivity index (χ0n) is 13.9. The number of rotatable bonds is 4.